The molecule has 0 spiro atoms. The fourth-order valence-corrected chi connectivity index (χ4v) is 5.86. The molecule has 0 radical (unpaired) electrons. The van der Waals surface area contributed by atoms with E-state index in [1.54, 1.807) is 12.1 Å². The first kappa shape index (κ1) is 25.3. The molecule has 3 aromatic carbocycles. The molecule has 2 nitrogen and oxygen atoms in total. The second-order valence-electron chi connectivity index (χ2n) is 10.5. The van der Waals surface area contributed by atoms with Crippen LogP contribution in [-0.4, -0.2) is 11.6 Å². The Morgan fingerprint density at radius 1 is 0.722 bits per heavy atom. The molecule has 0 fully saturated rings. The van der Waals surface area contributed by atoms with E-state index in [1.165, 1.54) is 16.7 Å². The minimum Gasteiger partial charge on any atom is -0.285 e. The number of ketones is 2. The molecular weight excluding hydrogens is 440 g/mol. The minimum atomic E-state index is -0.475. The lowest BCUT2D eigenvalue weighted by Gasteiger charge is -2.23. The molecule has 2 aliphatic carbocycles. The zero-order valence-electron chi connectivity index (χ0n) is 21.0. The number of carbonyl (C=O) groups is 2. The summed E-state index contributed by atoms with van der Waals surface area (Å²) in [5, 5.41) is 0. The number of Topliss-reactive ketones (excluding diaryl/α,β-unsaturated/α-hetero) is 2. The number of rotatable bonds is 5. The predicted octanol–water partition coefficient (Wildman–Crippen LogP) is 8.50. The van der Waals surface area contributed by atoms with E-state index in [-0.39, 0.29) is 18.3 Å². The molecule has 0 N–H and O–H groups in total. The Morgan fingerprint density at radius 3 is 1.83 bits per heavy atom. The summed E-state index contributed by atoms with van der Waals surface area (Å²) in [6.07, 6.45) is 6.00. The van der Waals surface area contributed by atoms with Crippen molar-refractivity contribution in [3.8, 4) is 11.1 Å². The van der Waals surface area contributed by atoms with Crippen molar-refractivity contribution in [1.82, 2.24) is 0 Å². The molecule has 0 bridgehead atoms. The van der Waals surface area contributed by atoms with Crippen LogP contribution in [0, 0.1) is 0 Å². The van der Waals surface area contributed by atoms with E-state index in [0.717, 1.165) is 27.8 Å². The van der Waals surface area contributed by atoms with Crippen LogP contribution in [0.25, 0.3) is 16.7 Å². The Bertz CT molecular complexity index is 1490. The smallest absolute Gasteiger partial charge is 0.233 e. The van der Waals surface area contributed by atoms with E-state index in [0.29, 0.717) is 11.1 Å². The first-order chi connectivity index (χ1) is 16.6. The molecule has 0 aromatic heterocycles. The monoisotopic (exact) mass is 474 g/mol. The quantitative estimate of drug-likeness (QED) is 0.274. The van der Waals surface area contributed by atoms with E-state index in [1.807, 2.05) is 55.5 Å². The van der Waals surface area contributed by atoms with E-state index >= 15 is 0 Å². The Balaban J connectivity index is 0.00000304. The maximum absolute atomic E-state index is 13.4. The lowest BCUT2D eigenvalue weighted by molar-refractivity contribution is 0.0817. The van der Waals surface area contributed by atoms with Crippen molar-refractivity contribution in [3.05, 3.63) is 124 Å². The van der Waals surface area contributed by atoms with Crippen LogP contribution >= 0.6 is 0 Å². The average molecular weight is 475 g/mol. The van der Waals surface area contributed by atoms with Crippen molar-refractivity contribution < 1.29 is 9.59 Å². The second-order valence-corrected chi connectivity index (χ2v) is 10.5. The molecule has 0 unspecified atom stereocenters. The standard InChI is InChI=1S/C33H30O2.CH4/c1-7-11-26-22(8-2)24-16-14-20(18-28(24)32(26,3)4)30(34)31(35)21-15-17-25-23-12-9-10-13-27(23)33(5,6)29(25)19-21;/h7-19H,2H2,1,3-6H3;1H4/b11-7-;. The third-order valence-electron chi connectivity index (χ3n) is 7.80. The molecule has 0 atom stereocenters. The Morgan fingerprint density at radius 2 is 1.25 bits per heavy atom. The number of hydrogen-bond acceptors (Lipinski definition) is 2. The van der Waals surface area contributed by atoms with Gasteiger partial charge in [0, 0.05) is 22.0 Å². The molecule has 36 heavy (non-hydrogen) atoms. The fraction of sp³-hybridized carbons (Fsp3) is 0.235. The molecule has 0 saturated heterocycles. The average Bonchev–Trinajstić information content (AvgIpc) is 3.22. The first-order valence-corrected chi connectivity index (χ1v) is 12.1. The summed E-state index contributed by atoms with van der Waals surface area (Å²) >= 11 is 0. The number of hydrogen-bond donors (Lipinski definition) is 0. The van der Waals surface area contributed by atoms with Crippen LogP contribution in [0.15, 0.2) is 91.0 Å². The second kappa shape index (κ2) is 8.71. The van der Waals surface area contributed by atoms with Crippen molar-refractivity contribution in [3.63, 3.8) is 0 Å². The van der Waals surface area contributed by atoms with E-state index in [2.05, 4.69) is 52.5 Å². The van der Waals surface area contributed by atoms with Crippen molar-refractivity contribution in [1.29, 1.82) is 0 Å². The molecule has 0 amide bonds. The largest absolute Gasteiger partial charge is 0.285 e. The molecule has 2 heteroatoms. The highest BCUT2D eigenvalue weighted by atomic mass is 16.2. The lowest BCUT2D eigenvalue weighted by Crippen LogP contribution is -2.20. The van der Waals surface area contributed by atoms with Crippen LogP contribution in [-0.2, 0) is 10.8 Å². The Kier molecular flexibility index (Phi) is 6.12. The summed E-state index contributed by atoms with van der Waals surface area (Å²) in [6, 6.07) is 19.6. The predicted molar refractivity (Wildman–Crippen MR) is 151 cm³/mol. The summed E-state index contributed by atoms with van der Waals surface area (Å²) in [5.74, 6) is -0.947. The summed E-state index contributed by atoms with van der Waals surface area (Å²) in [4.78, 5) is 26.8. The van der Waals surface area contributed by atoms with Gasteiger partial charge in [-0.05, 0) is 63.6 Å². The molecule has 3 aromatic rings. The van der Waals surface area contributed by atoms with Gasteiger partial charge < -0.3 is 0 Å². The number of benzene rings is 3. The van der Waals surface area contributed by atoms with Crippen molar-refractivity contribution >= 4 is 17.1 Å². The number of allylic oxidation sites excluding steroid dienone is 5. The van der Waals surface area contributed by atoms with Gasteiger partial charge in [-0.3, -0.25) is 9.59 Å². The summed E-state index contributed by atoms with van der Waals surface area (Å²) in [5.41, 5.74) is 9.38. The van der Waals surface area contributed by atoms with Gasteiger partial charge in [0.05, 0.1) is 0 Å². The van der Waals surface area contributed by atoms with Crippen LogP contribution in [0.2, 0.25) is 0 Å². The topological polar surface area (TPSA) is 34.1 Å². The molecule has 2 aliphatic rings. The summed E-state index contributed by atoms with van der Waals surface area (Å²) < 4.78 is 0. The van der Waals surface area contributed by atoms with Gasteiger partial charge >= 0.3 is 0 Å². The minimum absolute atomic E-state index is 0. The molecule has 5 rings (SSSR count). The lowest BCUT2D eigenvalue weighted by atomic mass is 9.80. The van der Waals surface area contributed by atoms with Crippen LogP contribution in [0.1, 0.15) is 85.0 Å². The highest BCUT2D eigenvalue weighted by Gasteiger charge is 2.38. The van der Waals surface area contributed by atoms with Gasteiger partial charge in [0.25, 0.3) is 0 Å². The molecule has 182 valence electrons. The van der Waals surface area contributed by atoms with E-state index in [9.17, 15) is 9.59 Å². The fourth-order valence-electron chi connectivity index (χ4n) is 5.86. The Labute approximate surface area is 215 Å². The van der Waals surface area contributed by atoms with E-state index in [4.69, 9.17) is 0 Å². The van der Waals surface area contributed by atoms with Crippen molar-refractivity contribution in [2.75, 3.05) is 0 Å². The molecular formula is C34H34O2. The van der Waals surface area contributed by atoms with Gasteiger partial charge in [0.15, 0.2) is 0 Å². The van der Waals surface area contributed by atoms with Crippen LogP contribution in [0.3, 0.4) is 0 Å². The van der Waals surface area contributed by atoms with Crippen LogP contribution in [0.4, 0.5) is 0 Å². The summed E-state index contributed by atoms with van der Waals surface area (Å²) in [6.45, 7) is 14.6. The number of fused-ring (bicyclic) bond motifs is 4. The maximum atomic E-state index is 13.4. The molecule has 0 aliphatic heterocycles. The Hall–Kier alpha value is -3.78. The van der Waals surface area contributed by atoms with Gasteiger partial charge in [-0.15, -0.1) is 0 Å². The van der Waals surface area contributed by atoms with E-state index < -0.39 is 11.6 Å². The van der Waals surface area contributed by atoms with Crippen LogP contribution in [0.5, 0.6) is 0 Å². The third kappa shape index (κ3) is 3.47. The molecule has 0 heterocycles. The number of carbonyl (C=O) groups excluding carboxylic acids is 2. The maximum Gasteiger partial charge on any atom is 0.233 e. The first-order valence-electron chi connectivity index (χ1n) is 12.1. The summed E-state index contributed by atoms with van der Waals surface area (Å²) in [7, 11) is 0. The van der Waals surface area contributed by atoms with Gasteiger partial charge in [-0.2, -0.15) is 0 Å². The van der Waals surface area contributed by atoms with Gasteiger partial charge in [-0.25, -0.2) is 0 Å². The third-order valence-corrected chi connectivity index (χ3v) is 7.80. The van der Waals surface area contributed by atoms with Crippen molar-refractivity contribution in [2.24, 2.45) is 0 Å². The van der Waals surface area contributed by atoms with Crippen molar-refractivity contribution in [2.45, 2.75) is 52.9 Å². The highest BCUT2D eigenvalue weighted by molar-refractivity contribution is 6.49. The SMILES string of the molecule is C.C=CC1=C(/C=C\C)C(C)(C)c2cc(C(=O)C(=O)c3ccc4c(c3)C(C)(C)c3ccccc3-4)ccc21. The van der Waals surface area contributed by atoms with Crippen LogP contribution < -0.4 is 0 Å². The highest BCUT2D eigenvalue weighted by Crippen LogP contribution is 2.49. The normalized spacial score (nSPS) is 16.2. The zero-order chi connectivity index (χ0) is 25.1. The zero-order valence-corrected chi connectivity index (χ0v) is 21.0. The van der Waals surface area contributed by atoms with Gasteiger partial charge in [-0.1, -0.05) is 108 Å². The molecule has 0 saturated carbocycles. The van der Waals surface area contributed by atoms with Gasteiger partial charge in [0.2, 0.25) is 11.6 Å². The van der Waals surface area contributed by atoms with Gasteiger partial charge in [0.1, 0.15) is 0 Å².